The van der Waals surface area contributed by atoms with Crippen molar-refractivity contribution in [2.75, 3.05) is 26.2 Å². The quantitative estimate of drug-likeness (QED) is 0.664. The molecule has 0 N–H and O–H groups in total. The van der Waals surface area contributed by atoms with Gasteiger partial charge in [-0.25, -0.2) is 13.4 Å². The third-order valence-corrected chi connectivity index (χ3v) is 7.53. The summed E-state index contributed by atoms with van der Waals surface area (Å²) in [6.45, 7) is 4.46. The van der Waals surface area contributed by atoms with Crippen molar-refractivity contribution < 1.29 is 12.9 Å². The Hall–Kier alpha value is -1.81. The highest BCUT2D eigenvalue weighted by Crippen LogP contribution is 2.25. The Kier molecular flexibility index (Phi) is 4.78. The molecule has 3 aromatic rings. The van der Waals surface area contributed by atoms with Crippen LogP contribution in [0.2, 0.25) is 0 Å². The maximum Gasteiger partial charge on any atom is 0.220 e. The summed E-state index contributed by atoms with van der Waals surface area (Å²) in [4.78, 5) is 6.64. The van der Waals surface area contributed by atoms with Crippen molar-refractivity contribution in [2.45, 2.75) is 18.7 Å². The third kappa shape index (κ3) is 3.39. The number of hydrogen-bond donors (Lipinski definition) is 0. The average molecular weight is 393 g/mol. The Balaban J connectivity index is 1.43. The molecule has 0 aliphatic carbocycles. The highest BCUT2D eigenvalue weighted by atomic mass is 32.2. The maximum atomic E-state index is 12.8. The van der Waals surface area contributed by atoms with Gasteiger partial charge in [-0.05, 0) is 19.1 Å². The van der Waals surface area contributed by atoms with E-state index in [-0.39, 0.29) is 11.8 Å². The Morgan fingerprint density at radius 3 is 2.73 bits per heavy atom. The van der Waals surface area contributed by atoms with Crippen molar-refractivity contribution in [3.8, 4) is 0 Å². The van der Waals surface area contributed by atoms with Crippen LogP contribution >= 0.6 is 11.3 Å². The van der Waals surface area contributed by atoms with E-state index in [0.717, 1.165) is 10.4 Å². The summed E-state index contributed by atoms with van der Waals surface area (Å²) >= 11 is 1.63. The minimum absolute atomic E-state index is 0.133. The fourth-order valence-corrected chi connectivity index (χ4v) is 5.46. The first kappa shape index (κ1) is 17.6. The first-order valence-corrected chi connectivity index (χ1v) is 11.0. The minimum atomic E-state index is -3.43. The largest absolute Gasteiger partial charge is 0.356 e. The van der Waals surface area contributed by atoms with Crippen LogP contribution in [-0.2, 0) is 15.8 Å². The van der Waals surface area contributed by atoms with Crippen molar-refractivity contribution in [3.05, 3.63) is 46.5 Å². The summed E-state index contributed by atoms with van der Waals surface area (Å²) in [5, 5.41) is 7.74. The molecule has 1 atom stereocenters. The molecule has 0 saturated carbocycles. The monoisotopic (exact) mass is 392 g/mol. The van der Waals surface area contributed by atoms with Gasteiger partial charge in [-0.2, -0.15) is 4.31 Å². The van der Waals surface area contributed by atoms with E-state index in [1.807, 2.05) is 23.6 Å². The number of para-hydroxylation sites is 1. The van der Waals surface area contributed by atoms with Crippen molar-refractivity contribution in [1.82, 2.24) is 19.3 Å². The molecule has 0 spiro atoms. The zero-order chi connectivity index (χ0) is 18.1. The van der Waals surface area contributed by atoms with E-state index in [1.165, 1.54) is 0 Å². The molecule has 1 aliphatic rings. The van der Waals surface area contributed by atoms with E-state index in [2.05, 4.69) is 22.0 Å². The highest BCUT2D eigenvalue weighted by Gasteiger charge is 2.31. The Bertz CT molecular complexity index is 977. The predicted octanol–water partition coefficient (Wildman–Crippen LogP) is 2.49. The molecular weight excluding hydrogens is 372 g/mol. The number of fused-ring (bicyclic) bond motifs is 1. The fraction of sp³-hybridized carbons (Fsp3) is 0.412. The molecule has 0 radical (unpaired) electrons. The van der Waals surface area contributed by atoms with Gasteiger partial charge in [0.05, 0.1) is 6.04 Å². The van der Waals surface area contributed by atoms with Gasteiger partial charge in [-0.3, -0.25) is 4.90 Å². The third-order valence-electron chi connectivity index (χ3n) is 4.79. The summed E-state index contributed by atoms with van der Waals surface area (Å²) in [5.41, 5.74) is 1.08. The number of nitrogens with zero attached hydrogens (tertiary/aromatic N) is 4. The SMILES string of the molecule is C[C@@H](c1nccs1)N1CCN(S(=O)(=O)Cc2noc3ccccc23)CC1. The van der Waals surface area contributed by atoms with Crippen LogP contribution in [0.3, 0.4) is 0 Å². The molecule has 9 heteroatoms. The van der Waals surface area contributed by atoms with Gasteiger partial charge in [0.15, 0.2) is 5.58 Å². The summed E-state index contributed by atoms with van der Waals surface area (Å²) in [7, 11) is -3.43. The van der Waals surface area contributed by atoms with Crippen LogP contribution in [0.25, 0.3) is 11.0 Å². The van der Waals surface area contributed by atoms with E-state index in [4.69, 9.17) is 4.52 Å². The topological polar surface area (TPSA) is 79.5 Å². The van der Waals surface area contributed by atoms with Crippen LogP contribution < -0.4 is 0 Å². The van der Waals surface area contributed by atoms with Crippen molar-refractivity contribution in [1.29, 1.82) is 0 Å². The minimum Gasteiger partial charge on any atom is -0.356 e. The predicted molar refractivity (Wildman–Crippen MR) is 100 cm³/mol. The normalized spacial score (nSPS) is 18.3. The van der Waals surface area contributed by atoms with Gasteiger partial charge in [0, 0.05) is 43.1 Å². The number of thiazole rings is 1. The van der Waals surface area contributed by atoms with Crippen molar-refractivity contribution in [2.24, 2.45) is 0 Å². The second kappa shape index (κ2) is 7.07. The van der Waals surface area contributed by atoms with E-state index >= 15 is 0 Å². The molecule has 7 nitrogen and oxygen atoms in total. The van der Waals surface area contributed by atoms with Crippen LogP contribution in [0.1, 0.15) is 23.7 Å². The Morgan fingerprint density at radius 1 is 1.23 bits per heavy atom. The van der Waals surface area contributed by atoms with Gasteiger partial charge in [0.1, 0.15) is 16.5 Å². The molecule has 1 fully saturated rings. The second-order valence-corrected chi connectivity index (χ2v) is 9.26. The number of aromatic nitrogens is 2. The first-order chi connectivity index (χ1) is 12.5. The lowest BCUT2D eigenvalue weighted by Crippen LogP contribution is -2.49. The maximum absolute atomic E-state index is 12.8. The molecule has 138 valence electrons. The lowest BCUT2D eigenvalue weighted by Gasteiger charge is -2.36. The standard InChI is InChI=1S/C17H20N4O3S2/c1-13(17-18-6-11-25-17)20-7-9-21(10-8-20)26(22,23)12-15-14-4-2-3-5-16(14)24-19-15/h2-6,11,13H,7-10,12H2,1H3/t13-/m0/s1. The van der Waals surface area contributed by atoms with Gasteiger partial charge in [0.25, 0.3) is 0 Å². The fourth-order valence-electron chi connectivity index (χ4n) is 3.27. The van der Waals surface area contributed by atoms with Gasteiger partial charge >= 0.3 is 0 Å². The molecule has 0 unspecified atom stereocenters. The van der Waals surface area contributed by atoms with Gasteiger partial charge in [-0.15, -0.1) is 11.3 Å². The lowest BCUT2D eigenvalue weighted by atomic mass is 10.2. The summed E-state index contributed by atoms with van der Waals surface area (Å²) in [6.07, 6.45) is 1.81. The summed E-state index contributed by atoms with van der Waals surface area (Å²) < 4.78 is 32.4. The second-order valence-electron chi connectivity index (χ2n) is 6.36. The molecule has 2 aromatic heterocycles. The summed E-state index contributed by atoms with van der Waals surface area (Å²) in [5.74, 6) is -0.133. The molecule has 1 aromatic carbocycles. The van der Waals surface area contributed by atoms with Crippen molar-refractivity contribution in [3.63, 3.8) is 0 Å². The number of sulfonamides is 1. The van der Waals surface area contributed by atoms with Crippen LogP contribution in [0, 0.1) is 0 Å². The first-order valence-electron chi connectivity index (χ1n) is 8.49. The van der Waals surface area contributed by atoms with E-state index < -0.39 is 10.0 Å². The zero-order valence-corrected chi connectivity index (χ0v) is 16.0. The van der Waals surface area contributed by atoms with Gasteiger partial charge in [-0.1, -0.05) is 17.3 Å². The van der Waals surface area contributed by atoms with Crippen LogP contribution in [-0.4, -0.2) is 53.9 Å². The average Bonchev–Trinajstić information content (AvgIpc) is 3.32. The zero-order valence-electron chi connectivity index (χ0n) is 14.4. The summed E-state index contributed by atoms with van der Waals surface area (Å²) in [6, 6.07) is 7.53. The molecule has 4 rings (SSSR count). The van der Waals surface area contributed by atoms with Crippen LogP contribution in [0.5, 0.6) is 0 Å². The van der Waals surface area contributed by atoms with E-state index in [0.29, 0.717) is 37.5 Å². The van der Waals surface area contributed by atoms with E-state index in [1.54, 1.807) is 27.9 Å². The number of rotatable bonds is 5. The van der Waals surface area contributed by atoms with Crippen LogP contribution in [0.4, 0.5) is 0 Å². The molecule has 26 heavy (non-hydrogen) atoms. The lowest BCUT2D eigenvalue weighted by molar-refractivity contribution is 0.145. The number of piperazine rings is 1. The molecule has 3 heterocycles. The number of benzene rings is 1. The van der Waals surface area contributed by atoms with Gasteiger partial charge in [0.2, 0.25) is 10.0 Å². The smallest absolute Gasteiger partial charge is 0.220 e. The molecule has 0 bridgehead atoms. The van der Waals surface area contributed by atoms with Crippen molar-refractivity contribution >= 4 is 32.3 Å². The number of hydrogen-bond acceptors (Lipinski definition) is 7. The van der Waals surface area contributed by atoms with Gasteiger partial charge < -0.3 is 4.52 Å². The molecular formula is C17H20N4O3S2. The van der Waals surface area contributed by atoms with Crippen LogP contribution in [0.15, 0.2) is 40.4 Å². The Labute approximate surface area is 156 Å². The molecule has 1 aliphatic heterocycles. The Morgan fingerprint density at radius 2 is 2.00 bits per heavy atom. The highest BCUT2D eigenvalue weighted by molar-refractivity contribution is 7.88. The van der Waals surface area contributed by atoms with E-state index in [9.17, 15) is 8.42 Å². The molecule has 0 amide bonds. The molecule has 1 saturated heterocycles.